The molecule has 1 N–H and O–H groups in total. The van der Waals surface area contributed by atoms with Crippen LogP contribution < -0.4 is 0 Å². The minimum Gasteiger partial charge on any atom is -0.387 e. The number of aryl methyl sites for hydroxylation is 2. The van der Waals surface area contributed by atoms with Gasteiger partial charge in [0.05, 0.1) is 6.10 Å². The highest BCUT2D eigenvalue weighted by atomic mass is 16.3. The topological polar surface area (TPSA) is 23.5 Å². The van der Waals surface area contributed by atoms with Crippen LogP contribution in [0.5, 0.6) is 0 Å². The molecule has 2 heteroatoms. The van der Waals surface area contributed by atoms with E-state index in [0.717, 1.165) is 23.9 Å². The zero-order valence-corrected chi connectivity index (χ0v) is 12.8. The van der Waals surface area contributed by atoms with E-state index in [1.54, 1.807) is 0 Å². The van der Waals surface area contributed by atoms with E-state index in [2.05, 4.69) is 36.9 Å². The van der Waals surface area contributed by atoms with Crippen molar-refractivity contribution in [2.24, 2.45) is 11.8 Å². The van der Waals surface area contributed by atoms with Gasteiger partial charge in [-0.15, -0.1) is 0 Å². The Labute approximate surface area is 122 Å². The third-order valence-electron chi connectivity index (χ3n) is 4.64. The molecule has 1 aromatic rings. The van der Waals surface area contributed by atoms with Crippen molar-refractivity contribution in [2.45, 2.75) is 45.6 Å². The van der Waals surface area contributed by atoms with Gasteiger partial charge < -0.3 is 5.11 Å². The molecule has 0 bridgehead atoms. The van der Waals surface area contributed by atoms with Crippen molar-refractivity contribution in [3.8, 4) is 0 Å². The van der Waals surface area contributed by atoms with Crippen LogP contribution in [0.15, 0.2) is 18.2 Å². The van der Waals surface area contributed by atoms with E-state index in [4.69, 9.17) is 0 Å². The minimum atomic E-state index is -0.340. The van der Waals surface area contributed by atoms with Crippen LogP contribution >= 0.6 is 0 Å². The molecular weight excluding hydrogens is 246 g/mol. The minimum absolute atomic E-state index is 0.340. The summed E-state index contributed by atoms with van der Waals surface area (Å²) in [6.45, 7) is 7.40. The van der Waals surface area contributed by atoms with Gasteiger partial charge in [0.1, 0.15) is 0 Å². The second-order valence-electron chi connectivity index (χ2n) is 6.98. The molecule has 1 atom stereocenters. The van der Waals surface area contributed by atoms with Crippen molar-refractivity contribution in [2.75, 3.05) is 19.6 Å². The summed E-state index contributed by atoms with van der Waals surface area (Å²) in [5.41, 5.74) is 3.59. The Balaban J connectivity index is 1.62. The van der Waals surface area contributed by atoms with Gasteiger partial charge in [-0.1, -0.05) is 23.8 Å². The number of hydrogen-bond acceptors (Lipinski definition) is 2. The SMILES string of the molecule is Cc1ccc(C(O)CN(CC2CC2)CC2CC2)c(C)c1. The maximum atomic E-state index is 10.6. The molecule has 2 aliphatic carbocycles. The Morgan fingerprint density at radius 1 is 1.10 bits per heavy atom. The second-order valence-corrected chi connectivity index (χ2v) is 6.98. The van der Waals surface area contributed by atoms with E-state index in [1.165, 1.54) is 49.9 Å². The summed E-state index contributed by atoms with van der Waals surface area (Å²) in [6, 6.07) is 6.38. The standard InChI is InChI=1S/C18H27NO/c1-13-3-8-17(14(2)9-13)18(20)12-19(10-15-4-5-15)11-16-6-7-16/h3,8-9,15-16,18,20H,4-7,10-12H2,1-2H3. The van der Waals surface area contributed by atoms with Crippen molar-refractivity contribution in [3.05, 3.63) is 34.9 Å². The van der Waals surface area contributed by atoms with Gasteiger partial charge in [0, 0.05) is 19.6 Å². The number of hydrogen-bond donors (Lipinski definition) is 1. The maximum Gasteiger partial charge on any atom is 0.0919 e. The van der Waals surface area contributed by atoms with Crippen molar-refractivity contribution in [1.82, 2.24) is 4.90 Å². The second kappa shape index (κ2) is 5.87. The Bertz CT molecular complexity index is 448. The van der Waals surface area contributed by atoms with Crippen LogP contribution in [0, 0.1) is 25.7 Å². The molecule has 0 aromatic heterocycles. The molecule has 2 nitrogen and oxygen atoms in total. The van der Waals surface area contributed by atoms with E-state index in [1.807, 2.05) is 0 Å². The van der Waals surface area contributed by atoms with Gasteiger partial charge in [0.2, 0.25) is 0 Å². The van der Waals surface area contributed by atoms with Crippen LogP contribution in [0.2, 0.25) is 0 Å². The summed E-state index contributed by atoms with van der Waals surface area (Å²) in [5.74, 6) is 1.81. The largest absolute Gasteiger partial charge is 0.387 e. The highest BCUT2D eigenvalue weighted by Gasteiger charge is 2.30. The van der Waals surface area contributed by atoms with Gasteiger partial charge in [-0.3, -0.25) is 4.90 Å². The Hall–Kier alpha value is -0.860. The Morgan fingerprint density at radius 3 is 2.20 bits per heavy atom. The summed E-state index contributed by atoms with van der Waals surface area (Å²) in [5, 5.41) is 10.6. The van der Waals surface area contributed by atoms with Crippen LogP contribution in [0.4, 0.5) is 0 Å². The predicted molar refractivity (Wildman–Crippen MR) is 82.8 cm³/mol. The number of benzene rings is 1. The summed E-state index contributed by atoms with van der Waals surface area (Å²) in [6.07, 6.45) is 5.22. The molecule has 2 saturated carbocycles. The summed E-state index contributed by atoms with van der Waals surface area (Å²) < 4.78 is 0. The third-order valence-corrected chi connectivity index (χ3v) is 4.64. The maximum absolute atomic E-state index is 10.6. The zero-order valence-electron chi connectivity index (χ0n) is 12.8. The number of rotatable bonds is 7. The fourth-order valence-corrected chi connectivity index (χ4v) is 3.10. The molecule has 20 heavy (non-hydrogen) atoms. The molecule has 0 amide bonds. The van der Waals surface area contributed by atoms with Crippen LogP contribution in [0.25, 0.3) is 0 Å². The molecule has 0 heterocycles. The first-order chi connectivity index (χ1) is 9.61. The molecule has 110 valence electrons. The monoisotopic (exact) mass is 273 g/mol. The lowest BCUT2D eigenvalue weighted by atomic mass is 10.0. The molecule has 3 rings (SSSR count). The van der Waals surface area contributed by atoms with Crippen molar-refractivity contribution in [1.29, 1.82) is 0 Å². The number of aliphatic hydroxyl groups excluding tert-OH is 1. The lowest BCUT2D eigenvalue weighted by Crippen LogP contribution is -2.32. The number of aliphatic hydroxyl groups is 1. The first-order valence-electron chi connectivity index (χ1n) is 8.09. The normalized spacial score (nSPS) is 20.4. The van der Waals surface area contributed by atoms with E-state index < -0.39 is 0 Å². The summed E-state index contributed by atoms with van der Waals surface area (Å²) in [4.78, 5) is 2.51. The molecule has 0 aliphatic heterocycles. The van der Waals surface area contributed by atoms with Crippen molar-refractivity contribution in [3.63, 3.8) is 0 Å². The molecule has 2 fully saturated rings. The number of nitrogens with zero attached hydrogens (tertiary/aromatic N) is 1. The smallest absolute Gasteiger partial charge is 0.0919 e. The van der Waals surface area contributed by atoms with Gasteiger partial charge >= 0.3 is 0 Å². The first kappa shape index (κ1) is 14.1. The molecule has 1 aromatic carbocycles. The lowest BCUT2D eigenvalue weighted by molar-refractivity contribution is 0.107. The molecule has 0 radical (unpaired) electrons. The van der Waals surface area contributed by atoms with Crippen molar-refractivity contribution >= 4 is 0 Å². The first-order valence-corrected chi connectivity index (χ1v) is 8.09. The van der Waals surface area contributed by atoms with Crippen LogP contribution in [-0.2, 0) is 0 Å². The van der Waals surface area contributed by atoms with Crippen LogP contribution in [0.1, 0.15) is 48.5 Å². The Kier molecular flexibility index (Phi) is 4.13. The van der Waals surface area contributed by atoms with Crippen molar-refractivity contribution < 1.29 is 5.11 Å². The third kappa shape index (κ3) is 3.83. The Morgan fingerprint density at radius 2 is 1.70 bits per heavy atom. The lowest BCUT2D eigenvalue weighted by Gasteiger charge is -2.26. The van der Waals surface area contributed by atoms with E-state index in [-0.39, 0.29) is 6.10 Å². The molecule has 1 unspecified atom stereocenters. The average molecular weight is 273 g/mol. The van der Waals surface area contributed by atoms with E-state index >= 15 is 0 Å². The van der Waals surface area contributed by atoms with Gasteiger partial charge in [-0.25, -0.2) is 0 Å². The van der Waals surface area contributed by atoms with E-state index in [9.17, 15) is 5.11 Å². The molecule has 0 spiro atoms. The van der Waals surface area contributed by atoms with Gasteiger partial charge in [0.25, 0.3) is 0 Å². The van der Waals surface area contributed by atoms with Gasteiger partial charge in [0.15, 0.2) is 0 Å². The summed E-state index contributed by atoms with van der Waals surface area (Å²) in [7, 11) is 0. The van der Waals surface area contributed by atoms with Crippen LogP contribution in [-0.4, -0.2) is 29.6 Å². The zero-order chi connectivity index (χ0) is 14.1. The quantitative estimate of drug-likeness (QED) is 0.822. The summed E-state index contributed by atoms with van der Waals surface area (Å²) >= 11 is 0. The predicted octanol–water partition coefficient (Wildman–Crippen LogP) is 3.46. The van der Waals surface area contributed by atoms with Gasteiger partial charge in [-0.05, 0) is 62.5 Å². The highest BCUT2D eigenvalue weighted by molar-refractivity contribution is 5.32. The van der Waals surface area contributed by atoms with E-state index in [0.29, 0.717) is 0 Å². The highest BCUT2D eigenvalue weighted by Crippen LogP contribution is 2.34. The van der Waals surface area contributed by atoms with Gasteiger partial charge in [-0.2, -0.15) is 0 Å². The molecule has 2 aliphatic rings. The fourth-order valence-electron chi connectivity index (χ4n) is 3.10. The molecule has 0 saturated heterocycles. The average Bonchev–Trinajstić information content (AvgIpc) is 3.24. The molecular formula is C18H27NO. The van der Waals surface area contributed by atoms with Crippen LogP contribution in [0.3, 0.4) is 0 Å². The fraction of sp³-hybridized carbons (Fsp3) is 0.667.